The van der Waals surface area contributed by atoms with Crippen molar-refractivity contribution in [1.82, 2.24) is 10.1 Å². The van der Waals surface area contributed by atoms with Crippen LogP contribution in [0.15, 0.2) is 33.7 Å². The van der Waals surface area contributed by atoms with Gasteiger partial charge in [0.1, 0.15) is 0 Å². The van der Waals surface area contributed by atoms with E-state index < -0.39 is 0 Å². The Bertz CT molecular complexity index is 455. The minimum Gasteiger partial charge on any atom is -0.334 e. The molecule has 5 heteroatoms. The van der Waals surface area contributed by atoms with E-state index in [-0.39, 0.29) is 0 Å². The van der Waals surface area contributed by atoms with Gasteiger partial charge in [-0.25, -0.2) is 0 Å². The molecular weight excluding hydrogens is 210 g/mol. The maximum Gasteiger partial charge on any atom is 0.259 e. The molecule has 78 valence electrons. The van der Waals surface area contributed by atoms with Gasteiger partial charge >= 0.3 is 0 Å². The van der Waals surface area contributed by atoms with Gasteiger partial charge in [0.05, 0.1) is 12.1 Å². The molecule has 2 rings (SSSR count). The summed E-state index contributed by atoms with van der Waals surface area (Å²) in [4.78, 5) is 5.31. The van der Waals surface area contributed by atoms with E-state index in [1.54, 1.807) is 11.8 Å². The number of rotatable bonds is 3. The number of hydrogen-bond acceptors (Lipinski definition) is 5. The summed E-state index contributed by atoms with van der Waals surface area (Å²) >= 11 is 1.65. The molecule has 0 spiro atoms. The molecular formula is C10H11N3OS. The van der Waals surface area contributed by atoms with E-state index in [2.05, 4.69) is 10.1 Å². The topological polar surface area (TPSA) is 64.9 Å². The highest BCUT2D eigenvalue weighted by Gasteiger charge is 2.10. The Kier molecular flexibility index (Phi) is 3.03. The monoisotopic (exact) mass is 221 g/mol. The number of nitrogens with two attached hydrogens (primary N) is 1. The molecule has 0 radical (unpaired) electrons. The van der Waals surface area contributed by atoms with Crippen LogP contribution in [0.4, 0.5) is 0 Å². The van der Waals surface area contributed by atoms with Gasteiger partial charge in [0, 0.05) is 4.90 Å². The summed E-state index contributed by atoms with van der Waals surface area (Å²) in [6, 6.07) is 7.91. The van der Waals surface area contributed by atoms with Crippen LogP contribution in [0.25, 0.3) is 11.5 Å². The van der Waals surface area contributed by atoms with E-state index in [1.807, 2.05) is 30.5 Å². The van der Waals surface area contributed by atoms with Gasteiger partial charge in [0.25, 0.3) is 5.89 Å². The molecule has 0 unspecified atom stereocenters. The summed E-state index contributed by atoms with van der Waals surface area (Å²) in [5.74, 6) is 1.06. The molecule has 2 N–H and O–H groups in total. The third-order valence-electron chi connectivity index (χ3n) is 1.99. The zero-order valence-corrected chi connectivity index (χ0v) is 9.12. The van der Waals surface area contributed by atoms with Crippen molar-refractivity contribution >= 4 is 11.8 Å². The highest BCUT2D eigenvalue weighted by atomic mass is 32.2. The lowest BCUT2D eigenvalue weighted by Crippen LogP contribution is -1.97. The summed E-state index contributed by atoms with van der Waals surface area (Å²) in [5.41, 5.74) is 6.38. The van der Waals surface area contributed by atoms with E-state index >= 15 is 0 Å². The van der Waals surface area contributed by atoms with Gasteiger partial charge in [-0.15, -0.1) is 11.8 Å². The maximum absolute atomic E-state index is 5.42. The quantitative estimate of drug-likeness (QED) is 0.802. The lowest BCUT2D eigenvalue weighted by molar-refractivity contribution is 0.422. The van der Waals surface area contributed by atoms with Gasteiger partial charge in [-0.05, 0) is 18.4 Å². The third kappa shape index (κ3) is 2.03. The molecule has 1 aromatic carbocycles. The molecule has 4 nitrogen and oxygen atoms in total. The van der Waals surface area contributed by atoms with Crippen LogP contribution in [0.5, 0.6) is 0 Å². The zero-order valence-electron chi connectivity index (χ0n) is 8.30. The maximum atomic E-state index is 5.42. The average molecular weight is 221 g/mol. The summed E-state index contributed by atoms with van der Waals surface area (Å²) in [6.45, 7) is 0.297. The van der Waals surface area contributed by atoms with Crippen molar-refractivity contribution in [3.8, 4) is 11.5 Å². The fourth-order valence-electron chi connectivity index (χ4n) is 1.27. The molecule has 0 bridgehead atoms. The highest BCUT2D eigenvalue weighted by molar-refractivity contribution is 7.98. The SMILES string of the molecule is CSc1ccccc1-c1nc(CN)no1. The Morgan fingerprint density at radius 1 is 1.40 bits per heavy atom. The van der Waals surface area contributed by atoms with Crippen LogP contribution < -0.4 is 5.73 Å². The normalized spacial score (nSPS) is 10.5. The van der Waals surface area contributed by atoms with Gasteiger partial charge in [0.15, 0.2) is 5.82 Å². The number of aromatic nitrogens is 2. The fourth-order valence-corrected chi connectivity index (χ4v) is 1.86. The minimum absolute atomic E-state index is 0.297. The van der Waals surface area contributed by atoms with Crippen molar-refractivity contribution in [2.24, 2.45) is 5.73 Å². The van der Waals surface area contributed by atoms with E-state index in [4.69, 9.17) is 10.3 Å². The van der Waals surface area contributed by atoms with Crippen molar-refractivity contribution in [1.29, 1.82) is 0 Å². The largest absolute Gasteiger partial charge is 0.334 e. The van der Waals surface area contributed by atoms with Crippen molar-refractivity contribution in [2.75, 3.05) is 6.26 Å². The standard InChI is InChI=1S/C10H11N3OS/c1-15-8-5-3-2-4-7(8)10-12-9(6-11)13-14-10/h2-5H,6,11H2,1H3. The second-order valence-corrected chi connectivity index (χ2v) is 3.77. The molecule has 0 fully saturated rings. The second kappa shape index (κ2) is 4.46. The predicted molar refractivity (Wildman–Crippen MR) is 59.4 cm³/mol. The summed E-state index contributed by atoms with van der Waals surface area (Å²) in [6.07, 6.45) is 2.01. The Balaban J connectivity index is 2.44. The van der Waals surface area contributed by atoms with Crippen LogP contribution in [0.3, 0.4) is 0 Å². The van der Waals surface area contributed by atoms with Crippen LogP contribution in [0.2, 0.25) is 0 Å². The Morgan fingerprint density at radius 3 is 2.87 bits per heavy atom. The van der Waals surface area contributed by atoms with Gasteiger partial charge in [-0.2, -0.15) is 4.98 Å². The molecule has 0 aliphatic heterocycles. The van der Waals surface area contributed by atoms with E-state index in [0.717, 1.165) is 10.5 Å². The number of benzene rings is 1. The molecule has 0 aliphatic rings. The van der Waals surface area contributed by atoms with Gasteiger partial charge < -0.3 is 10.3 Å². The second-order valence-electron chi connectivity index (χ2n) is 2.92. The van der Waals surface area contributed by atoms with Crippen molar-refractivity contribution in [3.63, 3.8) is 0 Å². The first-order valence-electron chi connectivity index (χ1n) is 4.51. The van der Waals surface area contributed by atoms with Gasteiger partial charge in [0.2, 0.25) is 0 Å². The van der Waals surface area contributed by atoms with E-state index in [9.17, 15) is 0 Å². The molecule has 0 saturated carbocycles. The van der Waals surface area contributed by atoms with E-state index in [0.29, 0.717) is 18.3 Å². The lowest BCUT2D eigenvalue weighted by Gasteiger charge is -2.00. The first-order chi connectivity index (χ1) is 7.35. The summed E-state index contributed by atoms with van der Waals surface area (Å²) < 4.78 is 5.13. The zero-order chi connectivity index (χ0) is 10.7. The van der Waals surface area contributed by atoms with Crippen LogP contribution in [0, 0.1) is 0 Å². The first kappa shape index (κ1) is 10.2. The van der Waals surface area contributed by atoms with Crippen LogP contribution in [-0.2, 0) is 6.54 Å². The molecule has 2 aromatic rings. The minimum atomic E-state index is 0.297. The number of thioether (sulfide) groups is 1. The van der Waals surface area contributed by atoms with Crippen molar-refractivity contribution < 1.29 is 4.52 Å². The van der Waals surface area contributed by atoms with Crippen LogP contribution in [0.1, 0.15) is 5.82 Å². The molecule has 1 heterocycles. The molecule has 15 heavy (non-hydrogen) atoms. The Hall–Kier alpha value is -1.33. The lowest BCUT2D eigenvalue weighted by atomic mass is 10.2. The molecule has 0 saturated heterocycles. The fraction of sp³-hybridized carbons (Fsp3) is 0.200. The number of nitrogens with zero attached hydrogens (tertiary/aromatic N) is 2. The van der Waals surface area contributed by atoms with Gasteiger partial charge in [-0.3, -0.25) is 0 Å². The Labute approximate surface area is 91.9 Å². The van der Waals surface area contributed by atoms with Gasteiger partial charge in [-0.1, -0.05) is 17.3 Å². The first-order valence-corrected chi connectivity index (χ1v) is 5.73. The summed E-state index contributed by atoms with van der Waals surface area (Å²) in [5, 5.41) is 3.77. The van der Waals surface area contributed by atoms with Crippen molar-refractivity contribution in [3.05, 3.63) is 30.1 Å². The average Bonchev–Trinajstić information content (AvgIpc) is 2.77. The van der Waals surface area contributed by atoms with Crippen LogP contribution in [-0.4, -0.2) is 16.4 Å². The highest BCUT2D eigenvalue weighted by Crippen LogP contribution is 2.28. The molecule has 1 aromatic heterocycles. The predicted octanol–water partition coefficient (Wildman–Crippen LogP) is 1.92. The Morgan fingerprint density at radius 2 is 2.20 bits per heavy atom. The molecule has 0 atom stereocenters. The van der Waals surface area contributed by atoms with Crippen LogP contribution >= 0.6 is 11.8 Å². The molecule has 0 amide bonds. The third-order valence-corrected chi connectivity index (χ3v) is 2.78. The van der Waals surface area contributed by atoms with E-state index in [1.165, 1.54) is 0 Å². The smallest absolute Gasteiger partial charge is 0.259 e. The number of hydrogen-bond donors (Lipinski definition) is 1. The molecule has 0 aliphatic carbocycles. The van der Waals surface area contributed by atoms with Crippen molar-refractivity contribution in [2.45, 2.75) is 11.4 Å². The summed E-state index contributed by atoms with van der Waals surface area (Å²) in [7, 11) is 0.